The summed E-state index contributed by atoms with van der Waals surface area (Å²) in [4.78, 5) is 31.6. The summed E-state index contributed by atoms with van der Waals surface area (Å²) in [6.45, 7) is 8.38. The molecule has 0 bridgehead atoms. The summed E-state index contributed by atoms with van der Waals surface area (Å²) >= 11 is 7.03. The number of aryl methyl sites for hydroxylation is 2. The molecule has 0 spiro atoms. The van der Waals surface area contributed by atoms with Gasteiger partial charge in [0.05, 0.1) is 5.69 Å². The van der Waals surface area contributed by atoms with Gasteiger partial charge in [0.15, 0.2) is 0 Å². The van der Waals surface area contributed by atoms with Gasteiger partial charge in [0.2, 0.25) is 11.8 Å². The number of anilines is 1. The first kappa shape index (κ1) is 22.0. The van der Waals surface area contributed by atoms with E-state index in [0.717, 1.165) is 43.9 Å². The highest BCUT2D eigenvalue weighted by molar-refractivity contribution is 8.23. The zero-order valence-electron chi connectivity index (χ0n) is 17.9. The molecule has 4 rings (SSSR count). The lowest BCUT2D eigenvalue weighted by atomic mass is 10.1. The molecule has 0 aromatic heterocycles. The van der Waals surface area contributed by atoms with Crippen LogP contribution in [0.4, 0.5) is 5.69 Å². The van der Waals surface area contributed by atoms with E-state index in [4.69, 9.17) is 12.2 Å². The van der Waals surface area contributed by atoms with Crippen molar-refractivity contribution in [3.8, 4) is 0 Å². The van der Waals surface area contributed by atoms with Gasteiger partial charge in [0, 0.05) is 39.1 Å². The average molecular weight is 454 g/mol. The summed E-state index contributed by atoms with van der Waals surface area (Å²) in [6.07, 6.45) is 0.199. The van der Waals surface area contributed by atoms with Gasteiger partial charge in [-0.15, -0.1) is 0 Å². The first-order valence-electron chi connectivity index (χ1n) is 10.6. The number of nitrogens with zero attached hydrogens (tertiary/aromatic N) is 3. The number of rotatable bonds is 4. The normalized spacial score (nSPS) is 19.9. The van der Waals surface area contributed by atoms with Crippen molar-refractivity contribution in [1.29, 1.82) is 0 Å². The van der Waals surface area contributed by atoms with Crippen LogP contribution in [-0.2, 0) is 16.1 Å². The zero-order chi connectivity index (χ0) is 22.0. The average Bonchev–Trinajstić information content (AvgIpc) is 3.04. The van der Waals surface area contributed by atoms with Crippen molar-refractivity contribution >= 4 is 45.8 Å². The molecule has 31 heavy (non-hydrogen) atoms. The summed E-state index contributed by atoms with van der Waals surface area (Å²) < 4.78 is 0.716. The third-order valence-corrected chi connectivity index (χ3v) is 7.49. The molecule has 2 fully saturated rings. The van der Waals surface area contributed by atoms with Crippen LogP contribution in [0.1, 0.15) is 23.1 Å². The minimum Gasteiger partial charge on any atom is -0.355 e. The Bertz CT molecular complexity index is 988. The van der Waals surface area contributed by atoms with Crippen molar-refractivity contribution in [2.45, 2.75) is 32.1 Å². The van der Waals surface area contributed by atoms with Crippen molar-refractivity contribution in [1.82, 2.24) is 9.80 Å². The second-order valence-corrected chi connectivity index (χ2v) is 10.0. The molecule has 2 heterocycles. The Labute approximate surface area is 193 Å². The van der Waals surface area contributed by atoms with E-state index in [0.29, 0.717) is 10.0 Å². The Hall–Kier alpha value is -2.22. The molecular weight excluding hydrogens is 426 g/mol. The van der Waals surface area contributed by atoms with Gasteiger partial charge in [0.1, 0.15) is 9.57 Å². The molecular formula is C24H27N3O2S2. The standard InChI is InChI=1S/C24H27N3O2S2/c1-17-8-9-18(2)20(14-17)27-22(28)15-21(23(27)29)31-24(30)26-12-10-25(11-13-26)16-19-6-4-3-5-7-19/h3-9,14,21H,10-13,15-16H2,1-2H3/t21-/m0/s1. The maximum atomic E-state index is 13.1. The highest BCUT2D eigenvalue weighted by Gasteiger charge is 2.41. The topological polar surface area (TPSA) is 43.9 Å². The molecule has 0 aliphatic carbocycles. The number of amides is 2. The lowest BCUT2D eigenvalue weighted by molar-refractivity contribution is -0.121. The fraction of sp³-hybridized carbons (Fsp3) is 0.375. The van der Waals surface area contributed by atoms with Crippen molar-refractivity contribution in [2.24, 2.45) is 0 Å². The van der Waals surface area contributed by atoms with E-state index in [-0.39, 0.29) is 18.2 Å². The van der Waals surface area contributed by atoms with Crippen LogP contribution < -0.4 is 4.90 Å². The van der Waals surface area contributed by atoms with Crippen LogP contribution in [0.2, 0.25) is 0 Å². The molecule has 0 unspecified atom stereocenters. The molecule has 162 valence electrons. The number of thioether (sulfide) groups is 1. The molecule has 2 aliphatic rings. The van der Waals surface area contributed by atoms with Gasteiger partial charge in [-0.05, 0) is 36.6 Å². The number of piperazine rings is 1. The lowest BCUT2D eigenvalue weighted by Crippen LogP contribution is -2.47. The van der Waals surface area contributed by atoms with Gasteiger partial charge in [0.25, 0.3) is 0 Å². The third-order valence-electron chi connectivity index (χ3n) is 5.83. The molecule has 5 nitrogen and oxygen atoms in total. The number of carbonyl (C=O) groups excluding carboxylic acids is 2. The first-order chi connectivity index (χ1) is 14.9. The highest BCUT2D eigenvalue weighted by Crippen LogP contribution is 2.33. The Morgan fingerprint density at radius 2 is 1.74 bits per heavy atom. The van der Waals surface area contributed by atoms with Gasteiger partial charge in [-0.25, -0.2) is 4.90 Å². The Kier molecular flexibility index (Phi) is 6.74. The van der Waals surface area contributed by atoms with Crippen molar-refractivity contribution in [3.63, 3.8) is 0 Å². The highest BCUT2D eigenvalue weighted by atomic mass is 32.2. The van der Waals surface area contributed by atoms with E-state index < -0.39 is 5.25 Å². The minimum absolute atomic E-state index is 0.147. The number of thiocarbonyl (C=S) groups is 1. The SMILES string of the molecule is Cc1ccc(C)c(N2C(=O)C[C@H](SC(=S)N3CCN(Cc4ccccc4)CC3)C2=O)c1. The summed E-state index contributed by atoms with van der Waals surface area (Å²) in [5, 5.41) is -0.442. The number of benzene rings is 2. The molecule has 2 saturated heterocycles. The van der Waals surface area contributed by atoms with Gasteiger partial charge < -0.3 is 4.90 Å². The second-order valence-electron chi connectivity index (χ2n) is 8.18. The molecule has 0 radical (unpaired) electrons. The van der Waals surface area contributed by atoms with Crippen LogP contribution >= 0.6 is 24.0 Å². The maximum absolute atomic E-state index is 13.1. The predicted molar refractivity (Wildman–Crippen MR) is 130 cm³/mol. The smallest absolute Gasteiger partial charge is 0.247 e. The number of hydrogen-bond acceptors (Lipinski definition) is 5. The molecule has 0 N–H and O–H groups in total. The number of hydrogen-bond donors (Lipinski definition) is 0. The quantitative estimate of drug-likeness (QED) is 0.519. The molecule has 0 saturated carbocycles. The second kappa shape index (κ2) is 9.51. The van der Waals surface area contributed by atoms with Gasteiger partial charge >= 0.3 is 0 Å². The van der Waals surface area contributed by atoms with Crippen molar-refractivity contribution in [3.05, 3.63) is 65.2 Å². The Morgan fingerprint density at radius 1 is 1.03 bits per heavy atom. The van der Waals surface area contributed by atoms with Crippen LogP contribution in [0.15, 0.2) is 48.5 Å². The maximum Gasteiger partial charge on any atom is 0.247 e. The van der Waals surface area contributed by atoms with Crippen LogP contribution in [0, 0.1) is 13.8 Å². The Balaban J connectivity index is 1.33. The molecule has 2 aromatic rings. The molecule has 7 heteroatoms. The summed E-state index contributed by atoms with van der Waals surface area (Å²) in [7, 11) is 0. The number of imide groups is 1. The first-order valence-corrected chi connectivity index (χ1v) is 11.9. The fourth-order valence-electron chi connectivity index (χ4n) is 4.04. The Morgan fingerprint density at radius 3 is 2.45 bits per heavy atom. The summed E-state index contributed by atoms with van der Waals surface area (Å²) in [5.41, 5.74) is 3.96. The predicted octanol–water partition coefficient (Wildman–Crippen LogP) is 3.77. The van der Waals surface area contributed by atoms with E-state index in [9.17, 15) is 9.59 Å². The van der Waals surface area contributed by atoms with Crippen molar-refractivity contribution in [2.75, 3.05) is 31.1 Å². The summed E-state index contributed by atoms with van der Waals surface area (Å²) in [5.74, 6) is -0.305. The molecule has 2 aromatic carbocycles. The largest absolute Gasteiger partial charge is 0.355 e. The van der Waals surface area contributed by atoms with E-state index >= 15 is 0 Å². The van der Waals surface area contributed by atoms with Gasteiger partial charge in [-0.2, -0.15) is 0 Å². The molecule has 2 aliphatic heterocycles. The van der Waals surface area contributed by atoms with Gasteiger partial charge in [-0.3, -0.25) is 14.5 Å². The van der Waals surface area contributed by atoms with Crippen LogP contribution in [0.5, 0.6) is 0 Å². The third kappa shape index (κ3) is 5.00. The fourth-order valence-corrected chi connectivity index (χ4v) is 5.57. The monoisotopic (exact) mass is 453 g/mol. The molecule has 1 atom stereocenters. The number of carbonyl (C=O) groups is 2. The lowest BCUT2D eigenvalue weighted by Gasteiger charge is -2.36. The molecule has 2 amide bonds. The van der Waals surface area contributed by atoms with Crippen LogP contribution in [0.3, 0.4) is 0 Å². The van der Waals surface area contributed by atoms with Crippen molar-refractivity contribution < 1.29 is 9.59 Å². The summed E-state index contributed by atoms with van der Waals surface area (Å²) in [6, 6.07) is 16.3. The zero-order valence-corrected chi connectivity index (χ0v) is 19.5. The van der Waals surface area contributed by atoms with Crippen LogP contribution in [-0.4, -0.2) is 57.4 Å². The van der Waals surface area contributed by atoms with Crippen LogP contribution in [0.25, 0.3) is 0 Å². The van der Waals surface area contributed by atoms with E-state index in [1.54, 1.807) is 0 Å². The van der Waals surface area contributed by atoms with E-state index in [1.165, 1.54) is 22.2 Å². The van der Waals surface area contributed by atoms with E-state index in [2.05, 4.69) is 34.1 Å². The van der Waals surface area contributed by atoms with Gasteiger partial charge in [-0.1, -0.05) is 66.4 Å². The minimum atomic E-state index is -0.442. The van der Waals surface area contributed by atoms with E-state index in [1.807, 2.05) is 38.1 Å².